The SMILES string of the molecule is CCOC(=O)C(=O)c1ccc2c(c1)N(C(=O)OC(C)(C)C)c1ccccc1S2(=O)=O.CCOC(=O)Cc1ccc2c(c1)N(C(=O)OC(C)(C)C)c1ccccc1S2(=O)=O. The maximum absolute atomic E-state index is 13.1. The molecule has 2 heterocycles. The highest BCUT2D eigenvalue weighted by atomic mass is 32.2. The Kier molecular flexibility index (Phi) is 12.4. The van der Waals surface area contributed by atoms with E-state index in [-0.39, 0.29) is 67.5 Å². The van der Waals surface area contributed by atoms with Crippen LogP contribution in [0.2, 0.25) is 0 Å². The van der Waals surface area contributed by atoms with E-state index in [1.54, 1.807) is 91.8 Å². The summed E-state index contributed by atoms with van der Waals surface area (Å²) in [6.45, 7) is 13.8. The molecule has 59 heavy (non-hydrogen) atoms. The first kappa shape index (κ1) is 44.0. The Bertz CT molecular complexity index is 2570. The Labute approximate surface area is 342 Å². The summed E-state index contributed by atoms with van der Waals surface area (Å²) >= 11 is 0. The van der Waals surface area contributed by atoms with E-state index in [1.165, 1.54) is 53.4 Å². The Morgan fingerprint density at radius 3 is 1.42 bits per heavy atom. The van der Waals surface area contributed by atoms with Crippen LogP contribution in [0, 0.1) is 0 Å². The fourth-order valence-corrected chi connectivity index (χ4v) is 9.28. The Morgan fingerprint density at radius 2 is 0.966 bits per heavy atom. The van der Waals surface area contributed by atoms with Gasteiger partial charge < -0.3 is 18.9 Å². The highest BCUT2D eigenvalue weighted by Gasteiger charge is 2.41. The summed E-state index contributed by atoms with van der Waals surface area (Å²) in [6.07, 6.45) is -1.55. The van der Waals surface area contributed by atoms with E-state index in [1.807, 2.05) is 0 Å². The number of esters is 2. The average Bonchev–Trinajstić information content (AvgIpc) is 3.13. The van der Waals surface area contributed by atoms with Crippen molar-refractivity contribution in [3.63, 3.8) is 0 Å². The zero-order valence-electron chi connectivity index (χ0n) is 33.7. The first-order chi connectivity index (χ1) is 27.5. The monoisotopic (exact) mass is 848 g/mol. The van der Waals surface area contributed by atoms with Crippen molar-refractivity contribution < 1.29 is 59.8 Å². The molecule has 312 valence electrons. The number of ether oxygens (including phenoxy) is 4. The summed E-state index contributed by atoms with van der Waals surface area (Å²) < 4.78 is 73.1. The van der Waals surface area contributed by atoms with Gasteiger partial charge in [0, 0.05) is 5.56 Å². The van der Waals surface area contributed by atoms with Gasteiger partial charge in [0.2, 0.25) is 19.7 Å². The van der Waals surface area contributed by atoms with Crippen LogP contribution in [0.3, 0.4) is 0 Å². The van der Waals surface area contributed by atoms with Crippen molar-refractivity contribution in [1.29, 1.82) is 0 Å². The predicted octanol–water partition coefficient (Wildman–Crippen LogP) is 7.66. The van der Waals surface area contributed by atoms with Crippen molar-refractivity contribution in [2.24, 2.45) is 0 Å². The van der Waals surface area contributed by atoms with Gasteiger partial charge in [0.15, 0.2) is 0 Å². The molecule has 0 bridgehead atoms. The minimum absolute atomic E-state index is 0.0152. The topological polar surface area (TPSA) is 197 Å². The van der Waals surface area contributed by atoms with Gasteiger partial charge in [-0.2, -0.15) is 0 Å². The summed E-state index contributed by atoms with van der Waals surface area (Å²) in [5.41, 5.74) is -0.799. The molecule has 0 atom stereocenters. The summed E-state index contributed by atoms with van der Waals surface area (Å²) in [6, 6.07) is 20.3. The second kappa shape index (κ2) is 16.7. The molecule has 0 aromatic heterocycles. The third kappa shape index (κ3) is 9.31. The number of hydrogen-bond donors (Lipinski definition) is 0. The fourth-order valence-electron chi connectivity index (χ4n) is 6.07. The van der Waals surface area contributed by atoms with Gasteiger partial charge in [-0.15, -0.1) is 0 Å². The molecule has 17 heteroatoms. The molecule has 2 aliphatic heterocycles. The number of ketones is 1. The number of carbonyl (C=O) groups is 5. The van der Waals surface area contributed by atoms with E-state index >= 15 is 0 Å². The molecule has 0 radical (unpaired) electrons. The van der Waals surface area contributed by atoms with Gasteiger partial charge in [0.1, 0.15) is 11.2 Å². The lowest BCUT2D eigenvalue weighted by Crippen LogP contribution is -2.37. The van der Waals surface area contributed by atoms with Gasteiger partial charge in [-0.05, 0) is 116 Å². The smallest absolute Gasteiger partial charge is 0.419 e. The molecule has 2 aliphatic rings. The third-order valence-corrected chi connectivity index (χ3v) is 12.1. The summed E-state index contributed by atoms with van der Waals surface area (Å²) in [7, 11) is -7.79. The molecule has 15 nitrogen and oxygen atoms in total. The lowest BCUT2D eigenvalue weighted by atomic mass is 10.1. The number of amides is 2. The Hall–Kier alpha value is -6.07. The Balaban J connectivity index is 0.000000224. The molecule has 0 saturated carbocycles. The van der Waals surface area contributed by atoms with Crippen molar-refractivity contribution in [3.8, 4) is 0 Å². The second-order valence-corrected chi connectivity index (χ2v) is 18.9. The van der Waals surface area contributed by atoms with Gasteiger partial charge in [-0.1, -0.05) is 30.3 Å². The average molecular weight is 849 g/mol. The molecule has 0 fully saturated rings. The zero-order chi connectivity index (χ0) is 43.7. The van der Waals surface area contributed by atoms with Crippen LogP contribution >= 0.6 is 0 Å². The minimum Gasteiger partial charge on any atom is -0.466 e. The van der Waals surface area contributed by atoms with E-state index in [9.17, 15) is 40.8 Å². The van der Waals surface area contributed by atoms with Gasteiger partial charge in [-0.3, -0.25) is 9.59 Å². The van der Waals surface area contributed by atoms with Crippen LogP contribution in [-0.4, -0.2) is 71.2 Å². The number of hydrogen-bond acceptors (Lipinski definition) is 13. The van der Waals surface area contributed by atoms with Crippen molar-refractivity contribution in [2.45, 2.75) is 92.6 Å². The van der Waals surface area contributed by atoms with E-state index in [4.69, 9.17) is 18.9 Å². The first-order valence-corrected chi connectivity index (χ1v) is 21.4. The second-order valence-electron chi connectivity index (χ2n) is 15.1. The fraction of sp³-hybridized carbons (Fsp3) is 0.310. The molecular weight excluding hydrogens is 805 g/mol. The van der Waals surface area contributed by atoms with Crippen molar-refractivity contribution >= 4 is 72.3 Å². The van der Waals surface area contributed by atoms with Gasteiger partial charge >= 0.3 is 24.1 Å². The maximum atomic E-state index is 13.1. The molecule has 4 aromatic rings. The van der Waals surface area contributed by atoms with Crippen molar-refractivity contribution in [1.82, 2.24) is 0 Å². The number of Topliss-reactive ketones (excluding diaryl/α,β-unsaturated/α-hetero) is 1. The highest BCUT2D eigenvalue weighted by Crippen LogP contribution is 2.46. The largest absolute Gasteiger partial charge is 0.466 e. The lowest BCUT2D eigenvalue weighted by molar-refractivity contribution is -0.142. The molecule has 0 saturated heterocycles. The highest BCUT2D eigenvalue weighted by molar-refractivity contribution is 7.92. The maximum Gasteiger partial charge on any atom is 0.419 e. The number of benzene rings is 4. The molecule has 0 spiro atoms. The molecule has 0 unspecified atom stereocenters. The number of nitrogens with zero attached hydrogens (tertiary/aromatic N) is 2. The third-order valence-electron chi connectivity index (χ3n) is 8.36. The van der Waals surface area contributed by atoms with Crippen LogP contribution in [0.5, 0.6) is 0 Å². The van der Waals surface area contributed by atoms with Crippen LogP contribution in [-0.2, 0) is 54.6 Å². The van der Waals surface area contributed by atoms with Gasteiger partial charge in [0.25, 0.3) is 5.78 Å². The van der Waals surface area contributed by atoms with Gasteiger partial charge in [0.05, 0.1) is 62.0 Å². The summed E-state index contributed by atoms with van der Waals surface area (Å²) in [4.78, 5) is 64.2. The minimum atomic E-state index is -3.96. The Morgan fingerprint density at radius 1 is 0.542 bits per heavy atom. The zero-order valence-corrected chi connectivity index (χ0v) is 35.4. The number of anilines is 4. The number of para-hydroxylation sites is 2. The van der Waals surface area contributed by atoms with Gasteiger partial charge in [-0.25, -0.2) is 41.0 Å². The standard InChI is InChI=1S/C21H21NO7S.C21H23NO6S/c1-5-28-19(24)18(23)13-10-11-17-15(12-13)22(20(25)29-21(2,3)4)14-8-6-7-9-16(14)30(17,26)27;1-5-27-19(23)13-14-10-11-18-16(12-14)22(20(24)28-21(2,3)4)15-8-6-7-9-17(15)29(18,25)26/h6-12H,5H2,1-4H3;6-12H,5,13H2,1-4H3. The van der Waals surface area contributed by atoms with E-state index in [0.29, 0.717) is 5.56 Å². The van der Waals surface area contributed by atoms with E-state index < -0.39 is 60.8 Å². The van der Waals surface area contributed by atoms with E-state index in [0.717, 1.165) is 4.90 Å². The number of rotatable bonds is 6. The van der Waals surface area contributed by atoms with E-state index in [2.05, 4.69) is 0 Å². The van der Waals surface area contributed by atoms with Crippen molar-refractivity contribution in [2.75, 3.05) is 23.0 Å². The van der Waals surface area contributed by atoms with Crippen LogP contribution in [0.1, 0.15) is 71.3 Å². The molecule has 0 aliphatic carbocycles. The lowest BCUT2D eigenvalue weighted by Gasteiger charge is -2.33. The normalized spacial score (nSPS) is 14.4. The quantitative estimate of drug-likeness (QED) is 0.0794. The van der Waals surface area contributed by atoms with Crippen LogP contribution in [0.25, 0.3) is 0 Å². The summed E-state index contributed by atoms with van der Waals surface area (Å²) in [5, 5.41) is 0. The molecule has 2 amide bonds. The van der Waals surface area contributed by atoms with Crippen LogP contribution in [0.15, 0.2) is 105 Å². The number of carbonyl (C=O) groups excluding carboxylic acids is 5. The number of sulfone groups is 2. The first-order valence-electron chi connectivity index (χ1n) is 18.4. The summed E-state index contributed by atoms with van der Waals surface area (Å²) in [5.74, 6) is -2.45. The predicted molar refractivity (Wildman–Crippen MR) is 215 cm³/mol. The number of fused-ring (bicyclic) bond motifs is 4. The van der Waals surface area contributed by atoms with Crippen LogP contribution in [0.4, 0.5) is 32.3 Å². The molecule has 0 N–H and O–H groups in total. The van der Waals surface area contributed by atoms with Crippen molar-refractivity contribution in [3.05, 3.63) is 96.1 Å². The molecule has 6 rings (SSSR count). The van der Waals surface area contributed by atoms with Crippen LogP contribution < -0.4 is 9.80 Å². The molecule has 4 aromatic carbocycles. The molecular formula is C42H44N2O13S2.